The first-order valence-electron chi connectivity index (χ1n) is 11.0. The highest BCUT2D eigenvalue weighted by atomic mass is 16.2. The van der Waals surface area contributed by atoms with Gasteiger partial charge < -0.3 is 10.2 Å². The maximum atomic E-state index is 12.1. The number of carbonyl (C=O) groups excluding carboxylic acids is 1. The predicted molar refractivity (Wildman–Crippen MR) is 121 cm³/mol. The number of pyridine rings is 1. The maximum absolute atomic E-state index is 12.1. The molecule has 1 amide bonds. The van der Waals surface area contributed by atoms with Crippen LogP contribution in [0, 0.1) is 0 Å². The molecule has 0 saturated carbocycles. The number of hydrogen-bond acceptors (Lipinski definition) is 6. The molecule has 0 aliphatic carbocycles. The summed E-state index contributed by atoms with van der Waals surface area (Å²) in [5.74, 6) is 1.78. The highest BCUT2D eigenvalue weighted by Crippen LogP contribution is 2.33. The predicted octanol–water partition coefficient (Wildman–Crippen LogP) is 3.31. The number of aromatic nitrogens is 3. The minimum atomic E-state index is -0.0155. The van der Waals surface area contributed by atoms with Crippen molar-refractivity contribution in [2.75, 3.05) is 25.5 Å². The topological polar surface area (TPSA) is 74.2 Å². The number of likely N-dealkylation sites (tertiary alicyclic amines) is 1. The number of anilines is 1. The Hall–Kier alpha value is -3.06. The Morgan fingerprint density at radius 1 is 1.23 bits per heavy atom. The molecule has 1 saturated heterocycles. The van der Waals surface area contributed by atoms with Crippen molar-refractivity contribution in [3.63, 3.8) is 0 Å². The minimum absolute atomic E-state index is 0.0155. The second kappa shape index (κ2) is 8.23. The second-order valence-corrected chi connectivity index (χ2v) is 8.47. The number of rotatable bonds is 4. The van der Waals surface area contributed by atoms with Gasteiger partial charge in [0.15, 0.2) is 5.82 Å². The number of benzene rings is 1. The summed E-state index contributed by atoms with van der Waals surface area (Å²) in [5, 5.41) is 4.44. The Balaban J connectivity index is 1.40. The van der Waals surface area contributed by atoms with Crippen molar-refractivity contribution in [2.45, 2.75) is 45.3 Å². The number of fused-ring (bicyclic) bond motifs is 2. The van der Waals surface area contributed by atoms with Crippen LogP contribution < -0.4 is 5.32 Å². The van der Waals surface area contributed by atoms with Gasteiger partial charge in [0.2, 0.25) is 5.91 Å². The molecular weight excluding hydrogens is 388 g/mol. The highest BCUT2D eigenvalue weighted by molar-refractivity contribution is 5.78. The molecule has 4 heterocycles. The first-order chi connectivity index (χ1) is 15.1. The molecule has 2 aliphatic heterocycles. The van der Waals surface area contributed by atoms with Gasteiger partial charge in [-0.05, 0) is 43.0 Å². The third-order valence-corrected chi connectivity index (χ3v) is 6.43. The van der Waals surface area contributed by atoms with E-state index in [0.717, 1.165) is 68.3 Å². The van der Waals surface area contributed by atoms with E-state index in [1.54, 1.807) is 6.92 Å². The molecule has 1 atom stereocenters. The molecule has 7 heteroatoms. The molecule has 0 bridgehead atoms. The summed E-state index contributed by atoms with van der Waals surface area (Å²) in [5.41, 5.74) is 4.60. The zero-order valence-electron chi connectivity index (χ0n) is 18.1. The van der Waals surface area contributed by atoms with Gasteiger partial charge in [-0.15, -0.1) is 0 Å². The molecular formula is C24H28N6O. The van der Waals surface area contributed by atoms with E-state index in [4.69, 9.17) is 9.97 Å². The fourth-order valence-corrected chi connectivity index (χ4v) is 4.89. The Bertz CT molecular complexity index is 1130. The maximum Gasteiger partial charge on any atom is 0.220 e. The van der Waals surface area contributed by atoms with Gasteiger partial charge >= 0.3 is 0 Å². The van der Waals surface area contributed by atoms with Crippen LogP contribution in [0.15, 0.2) is 36.5 Å². The Morgan fingerprint density at radius 3 is 2.97 bits per heavy atom. The molecule has 1 N–H and O–H groups in total. The van der Waals surface area contributed by atoms with Crippen LogP contribution in [0.1, 0.15) is 48.5 Å². The third kappa shape index (κ3) is 3.85. The van der Waals surface area contributed by atoms with Gasteiger partial charge in [0.1, 0.15) is 5.82 Å². The van der Waals surface area contributed by atoms with Gasteiger partial charge in [-0.2, -0.15) is 0 Å². The summed E-state index contributed by atoms with van der Waals surface area (Å²) in [7, 11) is 1.92. The van der Waals surface area contributed by atoms with Crippen molar-refractivity contribution >= 4 is 22.6 Å². The van der Waals surface area contributed by atoms with E-state index >= 15 is 0 Å². The summed E-state index contributed by atoms with van der Waals surface area (Å²) in [6, 6.07) is 10.6. The van der Waals surface area contributed by atoms with Crippen LogP contribution in [0.3, 0.4) is 0 Å². The molecule has 5 rings (SSSR count). The van der Waals surface area contributed by atoms with Crippen molar-refractivity contribution in [2.24, 2.45) is 0 Å². The van der Waals surface area contributed by atoms with Crippen molar-refractivity contribution in [3.8, 4) is 0 Å². The number of hydrogen-bond donors (Lipinski definition) is 1. The van der Waals surface area contributed by atoms with E-state index in [1.807, 2.05) is 24.2 Å². The Morgan fingerprint density at radius 2 is 2.13 bits per heavy atom. The van der Waals surface area contributed by atoms with Crippen LogP contribution in [0.5, 0.6) is 0 Å². The van der Waals surface area contributed by atoms with Crippen molar-refractivity contribution in [1.29, 1.82) is 0 Å². The standard InChI is InChI=1S/C24H28N6O/c1-16(31)30-11-4-6-22(30)24-27-21-15-29(12-9-19(21)23(25-2)28-24)14-17-7-8-20-18(13-17)5-3-10-26-20/h3,5,7-8,10,13,22H,4,6,9,11-12,14-15H2,1-2H3,(H,25,27,28)/t22-/m1/s1. The first-order valence-corrected chi connectivity index (χ1v) is 11.0. The Labute approximate surface area is 182 Å². The summed E-state index contributed by atoms with van der Waals surface area (Å²) >= 11 is 0. The SMILES string of the molecule is CNc1nc([C@H]2CCCN2C(C)=O)nc2c1CCN(Cc1ccc3ncccc3c1)C2. The molecule has 0 radical (unpaired) electrons. The largest absolute Gasteiger partial charge is 0.373 e. The number of carbonyl (C=O) groups is 1. The summed E-state index contributed by atoms with van der Waals surface area (Å²) in [6.07, 6.45) is 4.68. The zero-order valence-corrected chi connectivity index (χ0v) is 18.1. The fraction of sp³-hybridized carbons (Fsp3) is 0.417. The van der Waals surface area contributed by atoms with E-state index in [0.29, 0.717) is 0 Å². The number of nitrogens with zero attached hydrogens (tertiary/aromatic N) is 5. The lowest BCUT2D eigenvalue weighted by Crippen LogP contribution is -2.33. The number of nitrogens with one attached hydrogen (secondary N) is 1. The van der Waals surface area contributed by atoms with Gasteiger partial charge in [-0.3, -0.25) is 14.7 Å². The lowest BCUT2D eigenvalue weighted by molar-refractivity contribution is -0.129. The van der Waals surface area contributed by atoms with Crippen LogP contribution >= 0.6 is 0 Å². The molecule has 31 heavy (non-hydrogen) atoms. The van der Waals surface area contributed by atoms with E-state index in [-0.39, 0.29) is 11.9 Å². The summed E-state index contributed by atoms with van der Waals surface area (Å²) < 4.78 is 0. The first kappa shape index (κ1) is 19.9. The minimum Gasteiger partial charge on any atom is -0.373 e. The second-order valence-electron chi connectivity index (χ2n) is 8.47. The molecule has 2 aliphatic rings. The molecule has 1 aromatic carbocycles. The van der Waals surface area contributed by atoms with Crippen molar-refractivity contribution in [3.05, 3.63) is 59.2 Å². The van der Waals surface area contributed by atoms with Crippen LogP contribution in [-0.2, 0) is 24.3 Å². The van der Waals surface area contributed by atoms with Crippen LogP contribution in [-0.4, -0.2) is 50.8 Å². The summed E-state index contributed by atoms with van der Waals surface area (Å²) in [4.78, 5) is 30.6. The molecule has 7 nitrogen and oxygen atoms in total. The van der Waals surface area contributed by atoms with Crippen LogP contribution in [0.25, 0.3) is 10.9 Å². The number of amides is 1. The van der Waals surface area contributed by atoms with Crippen molar-refractivity contribution in [1.82, 2.24) is 24.8 Å². The van der Waals surface area contributed by atoms with Gasteiger partial charge in [0.25, 0.3) is 0 Å². The van der Waals surface area contributed by atoms with Crippen LogP contribution in [0.4, 0.5) is 5.82 Å². The molecule has 0 spiro atoms. The lowest BCUT2D eigenvalue weighted by Gasteiger charge is -2.30. The molecule has 3 aromatic rings. The molecule has 2 aromatic heterocycles. The monoisotopic (exact) mass is 416 g/mol. The van der Waals surface area contributed by atoms with E-state index in [2.05, 4.69) is 39.5 Å². The van der Waals surface area contributed by atoms with E-state index < -0.39 is 0 Å². The third-order valence-electron chi connectivity index (χ3n) is 6.43. The van der Waals surface area contributed by atoms with Crippen molar-refractivity contribution < 1.29 is 4.79 Å². The van der Waals surface area contributed by atoms with E-state index in [1.165, 1.54) is 16.5 Å². The zero-order chi connectivity index (χ0) is 21.4. The van der Waals surface area contributed by atoms with Gasteiger partial charge in [0, 0.05) is 57.3 Å². The Kier molecular flexibility index (Phi) is 5.28. The normalized spacial score (nSPS) is 18.9. The van der Waals surface area contributed by atoms with Gasteiger partial charge in [0.05, 0.1) is 17.3 Å². The molecule has 160 valence electrons. The average molecular weight is 417 g/mol. The van der Waals surface area contributed by atoms with E-state index in [9.17, 15) is 4.79 Å². The molecule has 0 unspecified atom stereocenters. The lowest BCUT2D eigenvalue weighted by atomic mass is 10.0. The summed E-state index contributed by atoms with van der Waals surface area (Å²) in [6.45, 7) is 5.06. The quantitative estimate of drug-likeness (QED) is 0.703. The highest BCUT2D eigenvalue weighted by Gasteiger charge is 2.32. The van der Waals surface area contributed by atoms with Gasteiger partial charge in [-0.1, -0.05) is 12.1 Å². The average Bonchev–Trinajstić information content (AvgIpc) is 3.28. The smallest absolute Gasteiger partial charge is 0.220 e. The van der Waals surface area contributed by atoms with Gasteiger partial charge in [-0.25, -0.2) is 9.97 Å². The van der Waals surface area contributed by atoms with Crippen LogP contribution in [0.2, 0.25) is 0 Å². The molecule has 1 fully saturated rings. The fourth-order valence-electron chi connectivity index (χ4n) is 4.89.